The Morgan fingerprint density at radius 3 is 2.83 bits per heavy atom. The molecule has 4 nitrogen and oxygen atoms in total. The van der Waals surface area contributed by atoms with Crippen LogP contribution in [0.2, 0.25) is 0 Å². The van der Waals surface area contributed by atoms with Crippen molar-refractivity contribution in [2.45, 2.75) is 39.2 Å². The highest BCUT2D eigenvalue weighted by Crippen LogP contribution is 2.12. The number of carbonyl (C=O) groups is 2. The summed E-state index contributed by atoms with van der Waals surface area (Å²) in [5.74, 6) is 1.61. The molecule has 0 spiro atoms. The molecule has 1 heterocycles. The summed E-state index contributed by atoms with van der Waals surface area (Å²) in [6.45, 7) is 5.50. The van der Waals surface area contributed by atoms with E-state index < -0.39 is 0 Å². The summed E-state index contributed by atoms with van der Waals surface area (Å²) < 4.78 is 0. The molecule has 0 radical (unpaired) electrons. The maximum absolute atomic E-state index is 12.3. The van der Waals surface area contributed by atoms with Crippen molar-refractivity contribution in [2.24, 2.45) is 5.92 Å². The average molecular weight is 272 g/mol. The first-order valence-corrected chi connectivity index (χ1v) is 8.05. The second-order valence-electron chi connectivity index (χ2n) is 5.00. The Labute approximate surface area is 114 Å². The molecule has 1 aliphatic rings. The first-order chi connectivity index (χ1) is 8.58. The Morgan fingerprint density at radius 2 is 2.22 bits per heavy atom. The molecular formula is C13H24N2O2S. The predicted molar refractivity (Wildman–Crippen MR) is 75.6 cm³/mol. The molecule has 1 N–H and O–H groups in total. The first-order valence-electron chi connectivity index (χ1n) is 6.65. The van der Waals surface area contributed by atoms with E-state index in [0.717, 1.165) is 25.1 Å². The van der Waals surface area contributed by atoms with Crippen LogP contribution in [0.4, 0.5) is 0 Å². The van der Waals surface area contributed by atoms with Gasteiger partial charge in [-0.15, -0.1) is 0 Å². The normalized spacial score (nSPS) is 22.6. The van der Waals surface area contributed by atoms with Crippen molar-refractivity contribution >= 4 is 23.6 Å². The first kappa shape index (κ1) is 15.3. The van der Waals surface area contributed by atoms with E-state index in [1.54, 1.807) is 11.8 Å². The maximum Gasteiger partial charge on any atom is 0.245 e. The summed E-state index contributed by atoms with van der Waals surface area (Å²) in [5.41, 5.74) is 0. The van der Waals surface area contributed by atoms with Gasteiger partial charge < -0.3 is 10.2 Å². The van der Waals surface area contributed by atoms with E-state index in [4.69, 9.17) is 0 Å². The lowest BCUT2D eigenvalue weighted by Gasteiger charge is -2.26. The van der Waals surface area contributed by atoms with Gasteiger partial charge in [0.2, 0.25) is 11.8 Å². The van der Waals surface area contributed by atoms with Gasteiger partial charge in [0, 0.05) is 19.5 Å². The SMILES string of the molecule is CCCC1NC(=O)CCN(CC(C)CSC)C1=O. The number of hydrogen-bond donors (Lipinski definition) is 1. The van der Waals surface area contributed by atoms with Crippen molar-refractivity contribution in [1.29, 1.82) is 0 Å². The van der Waals surface area contributed by atoms with Crippen molar-refractivity contribution in [3.8, 4) is 0 Å². The zero-order valence-corrected chi connectivity index (χ0v) is 12.4. The lowest BCUT2D eigenvalue weighted by atomic mass is 10.1. The number of hydrogen-bond acceptors (Lipinski definition) is 3. The minimum absolute atomic E-state index is 0.00168. The molecule has 2 unspecified atom stereocenters. The number of amides is 2. The van der Waals surface area contributed by atoms with Gasteiger partial charge in [0.15, 0.2) is 0 Å². The number of nitrogens with one attached hydrogen (secondary N) is 1. The van der Waals surface area contributed by atoms with E-state index in [2.05, 4.69) is 18.5 Å². The Balaban J connectivity index is 2.64. The molecule has 0 bridgehead atoms. The van der Waals surface area contributed by atoms with Crippen molar-refractivity contribution in [3.05, 3.63) is 0 Å². The van der Waals surface area contributed by atoms with Crippen molar-refractivity contribution in [1.82, 2.24) is 10.2 Å². The van der Waals surface area contributed by atoms with Crippen LogP contribution in [0.25, 0.3) is 0 Å². The highest BCUT2D eigenvalue weighted by atomic mass is 32.2. The van der Waals surface area contributed by atoms with E-state index >= 15 is 0 Å². The zero-order chi connectivity index (χ0) is 13.5. The summed E-state index contributed by atoms with van der Waals surface area (Å²) in [6.07, 6.45) is 4.15. The van der Waals surface area contributed by atoms with E-state index in [1.807, 2.05) is 11.8 Å². The largest absolute Gasteiger partial charge is 0.344 e. The number of carbonyl (C=O) groups excluding carboxylic acids is 2. The molecule has 1 saturated heterocycles. The molecule has 18 heavy (non-hydrogen) atoms. The summed E-state index contributed by atoms with van der Waals surface area (Å²) in [4.78, 5) is 25.8. The predicted octanol–water partition coefficient (Wildman–Crippen LogP) is 1.50. The molecule has 2 atom stereocenters. The summed E-state index contributed by atoms with van der Waals surface area (Å²) >= 11 is 1.80. The standard InChI is InChI=1S/C13H24N2O2S/c1-4-5-11-13(17)15(7-6-12(16)14-11)8-10(2)9-18-3/h10-11H,4-9H2,1-3H3,(H,14,16). The molecule has 1 fully saturated rings. The van der Waals surface area contributed by atoms with Gasteiger partial charge >= 0.3 is 0 Å². The van der Waals surface area contributed by atoms with Crippen LogP contribution in [-0.4, -0.2) is 47.9 Å². The third-order valence-electron chi connectivity index (χ3n) is 3.11. The molecule has 5 heteroatoms. The molecule has 1 rings (SSSR count). The van der Waals surface area contributed by atoms with Gasteiger partial charge in [0.25, 0.3) is 0 Å². The highest BCUT2D eigenvalue weighted by molar-refractivity contribution is 7.98. The second kappa shape index (κ2) is 7.67. The molecule has 0 saturated carbocycles. The van der Waals surface area contributed by atoms with E-state index in [1.165, 1.54) is 0 Å². The third-order valence-corrected chi connectivity index (χ3v) is 4.02. The fourth-order valence-electron chi connectivity index (χ4n) is 2.27. The van der Waals surface area contributed by atoms with Crippen LogP contribution in [0.5, 0.6) is 0 Å². The van der Waals surface area contributed by atoms with Crippen LogP contribution in [0, 0.1) is 5.92 Å². The lowest BCUT2D eigenvalue weighted by Crippen LogP contribution is -2.45. The number of nitrogens with zero attached hydrogens (tertiary/aromatic N) is 1. The molecule has 2 amide bonds. The zero-order valence-electron chi connectivity index (χ0n) is 11.6. The highest BCUT2D eigenvalue weighted by Gasteiger charge is 2.29. The Bertz CT molecular complexity index is 297. The van der Waals surface area contributed by atoms with Gasteiger partial charge in [-0.1, -0.05) is 20.3 Å². The monoisotopic (exact) mass is 272 g/mol. The topological polar surface area (TPSA) is 49.4 Å². The summed E-state index contributed by atoms with van der Waals surface area (Å²) in [7, 11) is 0. The van der Waals surface area contributed by atoms with Gasteiger partial charge in [-0.2, -0.15) is 11.8 Å². The van der Waals surface area contributed by atoms with Crippen LogP contribution in [-0.2, 0) is 9.59 Å². The summed E-state index contributed by atoms with van der Waals surface area (Å²) in [6, 6.07) is -0.313. The molecule has 0 aliphatic carbocycles. The smallest absolute Gasteiger partial charge is 0.245 e. The fraction of sp³-hybridized carbons (Fsp3) is 0.846. The van der Waals surface area contributed by atoms with Crippen molar-refractivity contribution in [3.63, 3.8) is 0 Å². The van der Waals surface area contributed by atoms with Gasteiger partial charge in [-0.25, -0.2) is 0 Å². The van der Waals surface area contributed by atoms with Crippen molar-refractivity contribution in [2.75, 3.05) is 25.1 Å². The van der Waals surface area contributed by atoms with E-state index in [9.17, 15) is 9.59 Å². The van der Waals surface area contributed by atoms with Crippen LogP contribution in [0.15, 0.2) is 0 Å². The Morgan fingerprint density at radius 1 is 1.50 bits per heavy atom. The van der Waals surface area contributed by atoms with Gasteiger partial charge in [-0.3, -0.25) is 9.59 Å². The maximum atomic E-state index is 12.3. The van der Waals surface area contributed by atoms with Crippen LogP contribution < -0.4 is 5.32 Å². The van der Waals surface area contributed by atoms with E-state index in [0.29, 0.717) is 18.9 Å². The number of rotatable bonds is 6. The van der Waals surface area contributed by atoms with Gasteiger partial charge in [-0.05, 0) is 24.3 Å². The lowest BCUT2D eigenvalue weighted by molar-refractivity contribution is -0.134. The van der Waals surface area contributed by atoms with Crippen LogP contribution >= 0.6 is 11.8 Å². The van der Waals surface area contributed by atoms with Crippen molar-refractivity contribution < 1.29 is 9.59 Å². The average Bonchev–Trinajstić information content (AvgIpc) is 2.44. The molecule has 0 aromatic rings. The van der Waals surface area contributed by atoms with Gasteiger partial charge in [0.05, 0.1) is 0 Å². The van der Waals surface area contributed by atoms with Gasteiger partial charge in [0.1, 0.15) is 6.04 Å². The van der Waals surface area contributed by atoms with Crippen LogP contribution in [0.3, 0.4) is 0 Å². The quantitative estimate of drug-likeness (QED) is 0.797. The van der Waals surface area contributed by atoms with E-state index in [-0.39, 0.29) is 17.9 Å². The number of thioether (sulfide) groups is 1. The molecule has 1 aliphatic heterocycles. The summed E-state index contributed by atoms with van der Waals surface area (Å²) in [5, 5.41) is 2.83. The minimum atomic E-state index is -0.313. The molecule has 0 aromatic carbocycles. The molecule has 0 aromatic heterocycles. The Hall–Kier alpha value is -0.710. The third kappa shape index (κ3) is 4.52. The minimum Gasteiger partial charge on any atom is -0.344 e. The molecule has 104 valence electrons. The second-order valence-corrected chi connectivity index (χ2v) is 5.91. The fourth-order valence-corrected chi connectivity index (χ4v) is 2.95. The molecular weight excluding hydrogens is 248 g/mol. The van der Waals surface area contributed by atoms with Crippen LogP contribution in [0.1, 0.15) is 33.1 Å². The Kier molecular flexibility index (Phi) is 6.54.